The smallest absolute Gasteiger partial charge is 0.243 e. The van der Waals surface area contributed by atoms with Gasteiger partial charge in [0.15, 0.2) is 5.69 Å². The molecule has 1 fully saturated rings. The molecule has 1 aliphatic rings. The van der Waals surface area contributed by atoms with E-state index in [1.807, 2.05) is 6.92 Å². The first-order valence-electron chi connectivity index (χ1n) is 5.36. The average molecular weight is 251 g/mol. The molecule has 1 aromatic rings. The molecule has 0 aromatic carbocycles. The lowest BCUT2D eigenvalue weighted by Gasteiger charge is -2.38. The average Bonchev–Trinajstić information content (AvgIpc) is 2.26. The monoisotopic (exact) mass is 251 g/mol. The molecular formula is C11H13N3O2S. The maximum absolute atomic E-state index is 12.1. The van der Waals surface area contributed by atoms with Gasteiger partial charge in [0.05, 0.1) is 0 Å². The Bertz CT molecular complexity index is 571. The fourth-order valence-corrected chi connectivity index (χ4v) is 3.45. The summed E-state index contributed by atoms with van der Waals surface area (Å²) in [6.07, 6.45) is 4.09. The van der Waals surface area contributed by atoms with E-state index in [4.69, 9.17) is 5.26 Å². The summed E-state index contributed by atoms with van der Waals surface area (Å²) >= 11 is 0. The van der Waals surface area contributed by atoms with E-state index in [9.17, 15) is 8.42 Å². The van der Waals surface area contributed by atoms with Crippen LogP contribution in [0.3, 0.4) is 0 Å². The van der Waals surface area contributed by atoms with Gasteiger partial charge in [0.25, 0.3) is 0 Å². The minimum absolute atomic E-state index is 0.0457. The van der Waals surface area contributed by atoms with Crippen molar-refractivity contribution in [2.24, 2.45) is 0 Å². The van der Waals surface area contributed by atoms with E-state index in [0.29, 0.717) is 0 Å². The van der Waals surface area contributed by atoms with Crippen LogP contribution >= 0.6 is 0 Å². The number of rotatable bonds is 3. The lowest BCUT2D eigenvalue weighted by molar-refractivity contribution is 0.248. The van der Waals surface area contributed by atoms with Crippen molar-refractivity contribution in [2.45, 2.75) is 36.6 Å². The van der Waals surface area contributed by atoms with Gasteiger partial charge in [0.2, 0.25) is 10.0 Å². The Morgan fingerprint density at radius 1 is 1.53 bits per heavy atom. The lowest BCUT2D eigenvalue weighted by Crippen LogP contribution is -2.50. The number of nitriles is 1. The van der Waals surface area contributed by atoms with E-state index >= 15 is 0 Å². The fourth-order valence-electron chi connectivity index (χ4n) is 1.88. The van der Waals surface area contributed by atoms with Gasteiger partial charge in [-0.2, -0.15) is 5.26 Å². The zero-order valence-corrected chi connectivity index (χ0v) is 10.3. The molecule has 0 amide bonds. The van der Waals surface area contributed by atoms with Crippen LogP contribution in [-0.4, -0.2) is 18.9 Å². The minimum Gasteiger partial charge on any atom is -0.244 e. The molecular weight excluding hydrogens is 238 g/mol. The Morgan fingerprint density at radius 3 is 2.76 bits per heavy atom. The molecule has 0 saturated heterocycles. The molecule has 0 atom stereocenters. The van der Waals surface area contributed by atoms with Crippen LogP contribution in [0.4, 0.5) is 0 Å². The van der Waals surface area contributed by atoms with Crippen molar-refractivity contribution in [3.8, 4) is 6.07 Å². The van der Waals surface area contributed by atoms with Gasteiger partial charge in [-0.1, -0.05) is 0 Å². The van der Waals surface area contributed by atoms with Gasteiger partial charge in [-0.3, -0.25) is 0 Å². The first kappa shape index (κ1) is 12.0. The Kier molecular flexibility index (Phi) is 2.89. The Morgan fingerprint density at radius 2 is 2.24 bits per heavy atom. The Hall–Kier alpha value is -1.45. The predicted molar refractivity (Wildman–Crippen MR) is 61.5 cm³/mol. The van der Waals surface area contributed by atoms with Gasteiger partial charge in [-0.05, 0) is 38.3 Å². The summed E-state index contributed by atoms with van der Waals surface area (Å²) in [6, 6.07) is 4.70. The van der Waals surface area contributed by atoms with Crippen molar-refractivity contribution in [1.82, 2.24) is 9.71 Å². The summed E-state index contributed by atoms with van der Waals surface area (Å²) in [6.45, 7) is 1.87. The second kappa shape index (κ2) is 4.09. The molecule has 1 N–H and O–H groups in total. The third-order valence-corrected chi connectivity index (χ3v) is 4.67. The summed E-state index contributed by atoms with van der Waals surface area (Å²) in [7, 11) is -3.66. The zero-order valence-electron chi connectivity index (χ0n) is 9.47. The standard InChI is InChI=1S/C11H13N3O2S/c1-11(5-3-6-11)14-17(15,16)10-4-2-7-13-9(10)8-12/h2,4,7,14H,3,5-6H2,1H3. The van der Waals surface area contributed by atoms with Crippen LogP contribution < -0.4 is 4.72 Å². The summed E-state index contributed by atoms with van der Waals surface area (Å²) in [5.74, 6) is 0. The van der Waals surface area contributed by atoms with E-state index < -0.39 is 10.0 Å². The van der Waals surface area contributed by atoms with Crippen molar-refractivity contribution >= 4 is 10.0 Å². The van der Waals surface area contributed by atoms with Crippen LogP contribution in [-0.2, 0) is 10.0 Å². The van der Waals surface area contributed by atoms with E-state index in [1.165, 1.54) is 18.3 Å². The highest BCUT2D eigenvalue weighted by molar-refractivity contribution is 7.89. The third-order valence-electron chi connectivity index (χ3n) is 3.00. The zero-order chi connectivity index (χ0) is 12.5. The number of pyridine rings is 1. The van der Waals surface area contributed by atoms with Gasteiger partial charge in [-0.25, -0.2) is 18.1 Å². The van der Waals surface area contributed by atoms with Crippen molar-refractivity contribution in [3.63, 3.8) is 0 Å². The Balaban J connectivity index is 2.35. The van der Waals surface area contributed by atoms with Crippen LogP contribution in [0.25, 0.3) is 0 Å². The molecule has 17 heavy (non-hydrogen) atoms. The Labute approximate surface area is 101 Å². The number of hydrogen-bond donors (Lipinski definition) is 1. The first-order chi connectivity index (χ1) is 7.97. The third kappa shape index (κ3) is 2.30. The largest absolute Gasteiger partial charge is 0.244 e. The minimum atomic E-state index is -3.66. The second-order valence-electron chi connectivity index (χ2n) is 4.48. The van der Waals surface area contributed by atoms with E-state index in [-0.39, 0.29) is 16.1 Å². The van der Waals surface area contributed by atoms with E-state index in [1.54, 1.807) is 6.07 Å². The van der Waals surface area contributed by atoms with Crippen LogP contribution in [0, 0.1) is 11.3 Å². The summed E-state index contributed by atoms with van der Waals surface area (Å²) in [4.78, 5) is 3.71. The van der Waals surface area contributed by atoms with Crippen LogP contribution in [0.1, 0.15) is 31.9 Å². The van der Waals surface area contributed by atoms with Crippen LogP contribution in [0.2, 0.25) is 0 Å². The van der Waals surface area contributed by atoms with Gasteiger partial charge < -0.3 is 0 Å². The fraction of sp³-hybridized carbons (Fsp3) is 0.455. The molecule has 0 spiro atoms. The second-order valence-corrected chi connectivity index (χ2v) is 6.13. The first-order valence-corrected chi connectivity index (χ1v) is 6.84. The molecule has 1 heterocycles. The molecule has 0 bridgehead atoms. The highest BCUT2D eigenvalue weighted by Crippen LogP contribution is 2.32. The molecule has 0 aliphatic heterocycles. The maximum Gasteiger partial charge on any atom is 0.243 e. The number of nitrogens with zero attached hydrogens (tertiary/aromatic N) is 2. The molecule has 90 valence electrons. The quantitative estimate of drug-likeness (QED) is 0.874. The van der Waals surface area contributed by atoms with E-state index in [0.717, 1.165) is 19.3 Å². The number of sulfonamides is 1. The molecule has 2 rings (SSSR count). The summed E-state index contributed by atoms with van der Waals surface area (Å²) < 4.78 is 26.9. The maximum atomic E-state index is 12.1. The number of aromatic nitrogens is 1. The van der Waals surface area contributed by atoms with Gasteiger partial charge in [0, 0.05) is 11.7 Å². The van der Waals surface area contributed by atoms with E-state index in [2.05, 4.69) is 9.71 Å². The van der Waals surface area contributed by atoms with Crippen molar-refractivity contribution in [1.29, 1.82) is 5.26 Å². The van der Waals surface area contributed by atoms with Crippen LogP contribution in [0.5, 0.6) is 0 Å². The highest BCUT2D eigenvalue weighted by atomic mass is 32.2. The molecule has 0 unspecified atom stereocenters. The molecule has 1 saturated carbocycles. The molecule has 1 aliphatic carbocycles. The SMILES string of the molecule is CC1(NS(=O)(=O)c2cccnc2C#N)CCC1. The highest BCUT2D eigenvalue weighted by Gasteiger charge is 2.36. The lowest BCUT2D eigenvalue weighted by atomic mass is 9.80. The van der Waals surface area contributed by atoms with Gasteiger partial charge >= 0.3 is 0 Å². The topological polar surface area (TPSA) is 82.8 Å². The number of hydrogen-bond acceptors (Lipinski definition) is 4. The normalized spacial score (nSPS) is 18.1. The summed E-state index contributed by atoms with van der Waals surface area (Å²) in [5.41, 5.74) is -0.440. The van der Waals surface area contributed by atoms with Crippen LogP contribution in [0.15, 0.2) is 23.2 Å². The van der Waals surface area contributed by atoms with Crippen molar-refractivity contribution in [2.75, 3.05) is 0 Å². The predicted octanol–water partition coefficient (Wildman–Crippen LogP) is 1.17. The summed E-state index contributed by atoms with van der Waals surface area (Å²) in [5, 5.41) is 8.85. The van der Waals surface area contributed by atoms with Gasteiger partial charge in [-0.15, -0.1) is 0 Å². The molecule has 0 radical (unpaired) electrons. The van der Waals surface area contributed by atoms with Crippen molar-refractivity contribution < 1.29 is 8.42 Å². The molecule has 6 heteroatoms. The van der Waals surface area contributed by atoms with Crippen molar-refractivity contribution in [3.05, 3.63) is 24.0 Å². The van der Waals surface area contributed by atoms with Gasteiger partial charge in [0.1, 0.15) is 11.0 Å². The molecule has 5 nitrogen and oxygen atoms in total. The number of nitrogens with one attached hydrogen (secondary N) is 1. The molecule has 1 aromatic heterocycles.